The molecular formula is C17H35N3. The number of rotatable bonds is 9. The van der Waals surface area contributed by atoms with Crippen molar-refractivity contribution in [3.8, 4) is 0 Å². The number of likely N-dealkylation sites (N-methyl/N-ethyl adjacent to an activating group) is 1. The van der Waals surface area contributed by atoms with Gasteiger partial charge < -0.3 is 10.2 Å². The van der Waals surface area contributed by atoms with Crippen LogP contribution in [0.5, 0.6) is 0 Å². The van der Waals surface area contributed by atoms with Crippen LogP contribution in [0.3, 0.4) is 0 Å². The minimum absolute atomic E-state index is 0.793. The molecule has 2 fully saturated rings. The van der Waals surface area contributed by atoms with Crippen LogP contribution in [-0.2, 0) is 0 Å². The van der Waals surface area contributed by atoms with E-state index < -0.39 is 0 Å². The van der Waals surface area contributed by atoms with Crippen molar-refractivity contribution in [1.82, 2.24) is 15.1 Å². The first-order valence-corrected chi connectivity index (χ1v) is 8.99. The first kappa shape index (κ1) is 16.3. The van der Waals surface area contributed by atoms with Gasteiger partial charge in [0.2, 0.25) is 0 Å². The lowest BCUT2D eigenvalue weighted by Crippen LogP contribution is -2.51. The number of piperidine rings is 1. The molecule has 0 saturated carbocycles. The van der Waals surface area contributed by atoms with Gasteiger partial charge in [-0.2, -0.15) is 0 Å². The zero-order valence-corrected chi connectivity index (χ0v) is 13.9. The molecule has 0 aliphatic carbocycles. The largest absolute Gasteiger partial charge is 0.314 e. The second kappa shape index (κ2) is 8.35. The van der Waals surface area contributed by atoms with E-state index in [0.717, 1.165) is 18.1 Å². The Morgan fingerprint density at radius 1 is 1.00 bits per heavy atom. The molecule has 2 saturated heterocycles. The number of nitrogens with one attached hydrogen (secondary N) is 1. The minimum atomic E-state index is 0.793. The van der Waals surface area contributed by atoms with Crippen molar-refractivity contribution < 1.29 is 0 Å². The molecule has 118 valence electrons. The Morgan fingerprint density at radius 3 is 2.25 bits per heavy atom. The number of hydrogen-bond donors (Lipinski definition) is 1. The zero-order valence-electron chi connectivity index (χ0n) is 13.9. The second-order valence-corrected chi connectivity index (χ2v) is 6.68. The molecule has 2 aliphatic rings. The van der Waals surface area contributed by atoms with Gasteiger partial charge in [0.15, 0.2) is 0 Å². The first-order valence-electron chi connectivity index (χ1n) is 8.99. The summed E-state index contributed by atoms with van der Waals surface area (Å²) < 4.78 is 0. The van der Waals surface area contributed by atoms with Crippen molar-refractivity contribution in [3.05, 3.63) is 0 Å². The van der Waals surface area contributed by atoms with E-state index >= 15 is 0 Å². The summed E-state index contributed by atoms with van der Waals surface area (Å²) in [4.78, 5) is 5.45. The molecule has 0 spiro atoms. The molecule has 0 aromatic carbocycles. The Bertz CT molecular complexity index is 255. The van der Waals surface area contributed by atoms with E-state index in [0.29, 0.717) is 0 Å². The van der Waals surface area contributed by atoms with Gasteiger partial charge in [-0.05, 0) is 58.2 Å². The average molecular weight is 281 g/mol. The molecule has 3 heteroatoms. The number of hydrogen-bond acceptors (Lipinski definition) is 3. The highest BCUT2D eigenvalue weighted by atomic mass is 15.3. The molecule has 2 unspecified atom stereocenters. The third-order valence-corrected chi connectivity index (χ3v) is 5.23. The molecule has 0 aromatic rings. The number of fused-ring (bicyclic) bond motifs is 2. The predicted molar refractivity (Wildman–Crippen MR) is 87.2 cm³/mol. The summed E-state index contributed by atoms with van der Waals surface area (Å²) in [5.41, 5.74) is 0. The summed E-state index contributed by atoms with van der Waals surface area (Å²) in [6.45, 7) is 13.1. The van der Waals surface area contributed by atoms with Crippen LogP contribution in [0, 0.1) is 0 Å². The zero-order chi connectivity index (χ0) is 14.4. The van der Waals surface area contributed by atoms with Gasteiger partial charge in [0.25, 0.3) is 0 Å². The third-order valence-electron chi connectivity index (χ3n) is 5.23. The molecular weight excluding hydrogens is 246 g/mol. The Balaban J connectivity index is 1.77. The molecule has 2 rings (SSSR count). The van der Waals surface area contributed by atoms with Gasteiger partial charge in [0.05, 0.1) is 0 Å². The molecule has 2 aliphatic heterocycles. The fourth-order valence-corrected chi connectivity index (χ4v) is 4.16. The van der Waals surface area contributed by atoms with Crippen LogP contribution in [0.1, 0.15) is 59.3 Å². The summed E-state index contributed by atoms with van der Waals surface area (Å²) in [5, 5.41) is 3.75. The van der Waals surface area contributed by atoms with Gasteiger partial charge in [0.1, 0.15) is 0 Å². The van der Waals surface area contributed by atoms with Crippen LogP contribution < -0.4 is 5.32 Å². The monoisotopic (exact) mass is 281 g/mol. The highest BCUT2D eigenvalue weighted by molar-refractivity contribution is 4.97. The Labute approximate surface area is 126 Å². The highest BCUT2D eigenvalue weighted by Gasteiger charge is 2.39. The van der Waals surface area contributed by atoms with E-state index in [2.05, 4.69) is 35.9 Å². The van der Waals surface area contributed by atoms with E-state index in [1.54, 1.807) is 0 Å². The van der Waals surface area contributed by atoms with Crippen molar-refractivity contribution in [2.75, 3.05) is 32.7 Å². The van der Waals surface area contributed by atoms with Crippen molar-refractivity contribution in [1.29, 1.82) is 0 Å². The molecule has 0 amide bonds. The summed E-state index contributed by atoms with van der Waals surface area (Å²) >= 11 is 0. The summed E-state index contributed by atoms with van der Waals surface area (Å²) in [6.07, 6.45) is 8.19. The van der Waals surface area contributed by atoms with Crippen molar-refractivity contribution in [2.24, 2.45) is 0 Å². The molecule has 2 bridgehead atoms. The SMILES string of the molecule is CCCNC1CC2CCC(C1)N2CCN(CC)CCC. The Morgan fingerprint density at radius 2 is 1.70 bits per heavy atom. The summed E-state index contributed by atoms with van der Waals surface area (Å²) in [5.74, 6) is 0. The molecule has 2 atom stereocenters. The maximum Gasteiger partial charge on any atom is 0.0115 e. The quantitative estimate of drug-likeness (QED) is 0.701. The minimum Gasteiger partial charge on any atom is -0.314 e. The standard InChI is InChI=1S/C17H35N3/c1-4-9-18-15-13-16-7-8-17(14-15)20(16)12-11-19(6-3)10-5-2/h15-18H,4-14H2,1-3H3. The third kappa shape index (κ3) is 4.19. The van der Waals surface area contributed by atoms with Gasteiger partial charge in [-0.15, -0.1) is 0 Å². The lowest BCUT2D eigenvalue weighted by Gasteiger charge is -2.40. The van der Waals surface area contributed by atoms with Crippen LogP contribution in [0.25, 0.3) is 0 Å². The van der Waals surface area contributed by atoms with Gasteiger partial charge in [-0.25, -0.2) is 0 Å². The molecule has 0 radical (unpaired) electrons. The summed E-state index contributed by atoms with van der Waals surface area (Å²) in [6, 6.07) is 2.52. The lowest BCUT2D eigenvalue weighted by molar-refractivity contribution is 0.101. The topological polar surface area (TPSA) is 18.5 Å². The lowest BCUT2D eigenvalue weighted by atomic mass is 9.97. The highest BCUT2D eigenvalue weighted by Crippen LogP contribution is 2.35. The van der Waals surface area contributed by atoms with Crippen LogP contribution in [-0.4, -0.2) is 60.6 Å². The van der Waals surface area contributed by atoms with Crippen molar-refractivity contribution in [2.45, 2.75) is 77.4 Å². The van der Waals surface area contributed by atoms with Crippen LogP contribution in [0.15, 0.2) is 0 Å². The Kier molecular flexibility index (Phi) is 6.79. The average Bonchev–Trinajstić information content (AvgIpc) is 2.70. The maximum atomic E-state index is 3.75. The fraction of sp³-hybridized carbons (Fsp3) is 1.00. The van der Waals surface area contributed by atoms with E-state index in [9.17, 15) is 0 Å². The molecule has 3 nitrogen and oxygen atoms in total. The molecule has 20 heavy (non-hydrogen) atoms. The van der Waals surface area contributed by atoms with Gasteiger partial charge in [0, 0.05) is 31.2 Å². The van der Waals surface area contributed by atoms with E-state index in [4.69, 9.17) is 0 Å². The second-order valence-electron chi connectivity index (χ2n) is 6.68. The molecule has 2 heterocycles. The number of nitrogens with zero attached hydrogens (tertiary/aromatic N) is 2. The first-order chi connectivity index (χ1) is 9.78. The van der Waals surface area contributed by atoms with Gasteiger partial charge >= 0.3 is 0 Å². The van der Waals surface area contributed by atoms with Gasteiger partial charge in [-0.3, -0.25) is 4.90 Å². The maximum absolute atomic E-state index is 3.75. The van der Waals surface area contributed by atoms with E-state index in [1.807, 2.05) is 0 Å². The molecule has 0 aromatic heterocycles. The van der Waals surface area contributed by atoms with Crippen molar-refractivity contribution in [3.63, 3.8) is 0 Å². The predicted octanol–water partition coefficient (Wildman–Crippen LogP) is 2.71. The normalized spacial score (nSPS) is 30.3. The van der Waals surface area contributed by atoms with Crippen LogP contribution >= 0.6 is 0 Å². The molecule has 1 N–H and O–H groups in total. The smallest absolute Gasteiger partial charge is 0.0115 e. The van der Waals surface area contributed by atoms with Crippen LogP contribution in [0.2, 0.25) is 0 Å². The van der Waals surface area contributed by atoms with Gasteiger partial charge in [-0.1, -0.05) is 20.8 Å². The van der Waals surface area contributed by atoms with Crippen LogP contribution in [0.4, 0.5) is 0 Å². The fourth-order valence-electron chi connectivity index (χ4n) is 4.16. The summed E-state index contributed by atoms with van der Waals surface area (Å²) in [7, 11) is 0. The Hall–Kier alpha value is -0.120. The van der Waals surface area contributed by atoms with E-state index in [1.165, 1.54) is 71.2 Å². The van der Waals surface area contributed by atoms with E-state index in [-0.39, 0.29) is 0 Å². The van der Waals surface area contributed by atoms with Crippen molar-refractivity contribution >= 4 is 0 Å².